The predicted octanol–water partition coefficient (Wildman–Crippen LogP) is 3.66. The zero-order valence-electron chi connectivity index (χ0n) is 13.8. The molecule has 138 valence electrons. The molecule has 27 heavy (non-hydrogen) atoms. The van der Waals surface area contributed by atoms with Crippen molar-refractivity contribution in [3.8, 4) is 5.75 Å². The number of phenolic OH excluding ortho intramolecular Hbond substituents is 1. The minimum atomic E-state index is -1.21. The summed E-state index contributed by atoms with van der Waals surface area (Å²) in [4.78, 5) is 31.9. The lowest BCUT2D eigenvalue weighted by Gasteiger charge is -1.98. The standard InChI is InChI=1S/C10H9N.C6H3N3O7/c1-8-6-11-7-9-4-2-3-5-10(8)9;10-6-4(8(13)14)1-3(7(11)12)2-5(6)9(15)16/h2-7H,1H3;1-2,10H. The van der Waals surface area contributed by atoms with E-state index >= 15 is 0 Å². The van der Waals surface area contributed by atoms with E-state index in [-0.39, 0.29) is 0 Å². The number of rotatable bonds is 3. The second-order valence-electron chi connectivity index (χ2n) is 5.28. The van der Waals surface area contributed by atoms with Crippen molar-refractivity contribution < 1.29 is 19.9 Å². The van der Waals surface area contributed by atoms with Gasteiger partial charge in [-0.2, -0.15) is 0 Å². The average Bonchev–Trinajstić information content (AvgIpc) is 2.62. The van der Waals surface area contributed by atoms with Crippen molar-refractivity contribution >= 4 is 27.8 Å². The van der Waals surface area contributed by atoms with Gasteiger partial charge in [0.25, 0.3) is 11.4 Å². The Hall–Kier alpha value is -4.15. The Bertz CT molecular complexity index is 1010. The van der Waals surface area contributed by atoms with Crippen molar-refractivity contribution in [3.63, 3.8) is 0 Å². The van der Waals surface area contributed by atoms with Gasteiger partial charge in [-0.1, -0.05) is 24.3 Å². The monoisotopic (exact) mass is 372 g/mol. The van der Waals surface area contributed by atoms with E-state index in [1.54, 1.807) is 0 Å². The second-order valence-corrected chi connectivity index (χ2v) is 5.28. The summed E-state index contributed by atoms with van der Waals surface area (Å²) in [5, 5.41) is 42.7. The summed E-state index contributed by atoms with van der Waals surface area (Å²) >= 11 is 0. The maximum absolute atomic E-state index is 10.4. The van der Waals surface area contributed by atoms with Gasteiger partial charge in [-0.05, 0) is 17.9 Å². The van der Waals surface area contributed by atoms with Gasteiger partial charge in [0.05, 0.1) is 26.9 Å². The fourth-order valence-electron chi connectivity index (χ4n) is 2.24. The molecule has 3 aromatic rings. The van der Waals surface area contributed by atoms with E-state index in [4.69, 9.17) is 5.11 Å². The molecule has 0 saturated heterocycles. The van der Waals surface area contributed by atoms with Crippen LogP contribution in [-0.2, 0) is 0 Å². The molecule has 0 aliphatic carbocycles. The number of aryl methyl sites for hydroxylation is 1. The fourth-order valence-corrected chi connectivity index (χ4v) is 2.24. The van der Waals surface area contributed by atoms with Crippen LogP contribution < -0.4 is 0 Å². The first-order valence-corrected chi connectivity index (χ1v) is 7.32. The van der Waals surface area contributed by atoms with E-state index < -0.39 is 37.6 Å². The summed E-state index contributed by atoms with van der Waals surface area (Å²) in [5.74, 6) is -1.21. The number of aromatic nitrogens is 1. The topological polar surface area (TPSA) is 163 Å². The molecule has 2 aromatic carbocycles. The van der Waals surface area contributed by atoms with Gasteiger partial charge in [0.2, 0.25) is 0 Å². The molecule has 0 radical (unpaired) electrons. The maximum Gasteiger partial charge on any atom is 0.324 e. The molecule has 1 heterocycles. The molecule has 11 nitrogen and oxygen atoms in total. The predicted molar refractivity (Wildman–Crippen MR) is 94.6 cm³/mol. The number of nitrogens with zero attached hydrogens (tertiary/aromatic N) is 4. The summed E-state index contributed by atoms with van der Waals surface area (Å²) in [6, 6.07) is 9.17. The highest BCUT2D eigenvalue weighted by Gasteiger charge is 2.30. The molecule has 11 heteroatoms. The fraction of sp³-hybridized carbons (Fsp3) is 0.0625. The summed E-state index contributed by atoms with van der Waals surface area (Å²) in [6.45, 7) is 2.08. The van der Waals surface area contributed by atoms with E-state index in [0.29, 0.717) is 12.1 Å². The van der Waals surface area contributed by atoms with Crippen LogP contribution in [-0.4, -0.2) is 24.9 Å². The van der Waals surface area contributed by atoms with Crippen molar-refractivity contribution in [3.05, 3.63) is 84.7 Å². The van der Waals surface area contributed by atoms with Crippen LogP contribution >= 0.6 is 0 Å². The van der Waals surface area contributed by atoms with E-state index in [0.717, 1.165) is 0 Å². The molecule has 0 amide bonds. The molecular formula is C16H12N4O7. The largest absolute Gasteiger partial charge is 0.497 e. The number of aromatic hydroxyl groups is 1. The van der Waals surface area contributed by atoms with E-state index in [2.05, 4.69) is 30.1 Å². The van der Waals surface area contributed by atoms with Gasteiger partial charge in [-0.15, -0.1) is 0 Å². The highest BCUT2D eigenvalue weighted by atomic mass is 16.6. The number of fused-ring (bicyclic) bond motifs is 1. The molecule has 3 rings (SSSR count). The second kappa shape index (κ2) is 7.82. The number of benzene rings is 2. The summed E-state index contributed by atoms with van der Waals surface area (Å²) < 4.78 is 0. The number of nitro groups is 3. The highest BCUT2D eigenvalue weighted by molar-refractivity contribution is 5.84. The van der Waals surface area contributed by atoms with Crippen molar-refractivity contribution in [2.45, 2.75) is 6.92 Å². The zero-order valence-corrected chi connectivity index (χ0v) is 13.8. The van der Waals surface area contributed by atoms with Crippen LogP contribution in [0.25, 0.3) is 10.8 Å². The first-order valence-electron chi connectivity index (χ1n) is 7.32. The molecule has 1 aromatic heterocycles. The lowest BCUT2D eigenvalue weighted by atomic mass is 10.1. The molecule has 0 saturated carbocycles. The first kappa shape index (κ1) is 19.2. The van der Waals surface area contributed by atoms with Gasteiger partial charge in [0.15, 0.2) is 0 Å². The van der Waals surface area contributed by atoms with Crippen molar-refractivity contribution in [2.75, 3.05) is 0 Å². The van der Waals surface area contributed by atoms with Gasteiger partial charge < -0.3 is 5.11 Å². The molecule has 0 bridgehead atoms. The van der Waals surface area contributed by atoms with Gasteiger partial charge >= 0.3 is 11.4 Å². The summed E-state index contributed by atoms with van der Waals surface area (Å²) in [6.07, 6.45) is 3.78. The number of phenols is 1. The van der Waals surface area contributed by atoms with Crippen molar-refractivity contribution in [1.29, 1.82) is 0 Å². The van der Waals surface area contributed by atoms with Crippen LogP contribution in [0.4, 0.5) is 17.1 Å². The molecule has 0 spiro atoms. The van der Waals surface area contributed by atoms with Gasteiger partial charge in [0.1, 0.15) is 0 Å². The number of pyridine rings is 1. The van der Waals surface area contributed by atoms with Crippen LogP contribution in [0, 0.1) is 37.3 Å². The molecule has 0 atom stereocenters. The Morgan fingerprint density at radius 2 is 1.44 bits per heavy atom. The lowest BCUT2D eigenvalue weighted by molar-refractivity contribution is -0.404. The minimum Gasteiger partial charge on any atom is -0.497 e. The lowest BCUT2D eigenvalue weighted by Crippen LogP contribution is -1.97. The van der Waals surface area contributed by atoms with Crippen molar-refractivity contribution in [1.82, 2.24) is 4.98 Å². The third-order valence-corrected chi connectivity index (χ3v) is 3.53. The molecular weight excluding hydrogens is 360 g/mol. The maximum atomic E-state index is 10.4. The number of non-ortho nitro benzene ring substituents is 1. The smallest absolute Gasteiger partial charge is 0.324 e. The van der Waals surface area contributed by atoms with Gasteiger partial charge in [-0.25, -0.2) is 0 Å². The third-order valence-electron chi connectivity index (χ3n) is 3.53. The Kier molecular flexibility index (Phi) is 5.56. The Morgan fingerprint density at radius 3 is 1.93 bits per heavy atom. The molecule has 0 aliphatic heterocycles. The summed E-state index contributed by atoms with van der Waals surface area (Å²) in [5.41, 5.74) is -1.76. The van der Waals surface area contributed by atoms with Gasteiger partial charge in [0, 0.05) is 17.8 Å². The van der Waals surface area contributed by atoms with Crippen LogP contribution in [0.2, 0.25) is 0 Å². The molecule has 0 aliphatic rings. The Morgan fingerprint density at radius 1 is 0.889 bits per heavy atom. The Labute approximate surface area is 151 Å². The summed E-state index contributed by atoms with van der Waals surface area (Å²) in [7, 11) is 0. The van der Waals surface area contributed by atoms with E-state index in [1.807, 2.05) is 18.5 Å². The zero-order chi connectivity index (χ0) is 20.1. The van der Waals surface area contributed by atoms with Crippen molar-refractivity contribution in [2.24, 2.45) is 0 Å². The SMILES string of the molecule is Cc1cncc2ccccc12.O=[N+]([O-])c1cc([N+](=O)[O-])c(O)c([N+](=O)[O-])c1. The van der Waals surface area contributed by atoms with Gasteiger partial charge in [-0.3, -0.25) is 35.3 Å². The molecule has 0 fully saturated rings. The van der Waals surface area contributed by atoms with Crippen LogP contribution in [0.1, 0.15) is 5.56 Å². The van der Waals surface area contributed by atoms with Crippen LogP contribution in [0.15, 0.2) is 48.8 Å². The number of hydrogen-bond acceptors (Lipinski definition) is 8. The number of nitro benzene ring substituents is 3. The highest BCUT2D eigenvalue weighted by Crippen LogP contribution is 2.38. The molecule has 1 N–H and O–H groups in total. The minimum absolute atomic E-state index is 0.447. The first-order chi connectivity index (χ1) is 12.7. The third kappa shape index (κ3) is 4.28. The van der Waals surface area contributed by atoms with E-state index in [1.165, 1.54) is 16.3 Å². The molecule has 0 unspecified atom stereocenters. The van der Waals surface area contributed by atoms with Crippen LogP contribution in [0.5, 0.6) is 5.75 Å². The number of hydrogen-bond donors (Lipinski definition) is 1. The van der Waals surface area contributed by atoms with E-state index in [9.17, 15) is 30.3 Å². The average molecular weight is 372 g/mol. The quantitative estimate of drug-likeness (QED) is 0.537. The van der Waals surface area contributed by atoms with Crippen LogP contribution in [0.3, 0.4) is 0 Å². The normalized spacial score (nSPS) is 9.96. The Balaban J connectivity index is 0.000000206.